The highest BCUT2D eigenvalue weighted by molar-refractivity contribution is 9.10. The molecular formula is C15H19BrN2O. The van der Waals surface area contributed by atoms with E-state index in [4.69, 9.17) is 0 Å². The van der Waals surface area contributed by atoms with Gasteiger partial charge >= 0.3 is 0 Å². The van der Waals surface area contributed by atoms with Crippen LogP contribution in [0.5, 0.6) is 0 Å². The maximum atomic E-state index is 12.2. The van der Waals surface area contributed by atoms with E-state index in [1.165, 1.54) is 12.8 Å². The van der Waals surface area contributed by atoms with Crippen molar-refractivity contribution in [2.75, 3.05) is 26.2 Å². The zero-order chi connectivity index (χ0) is 13.3. The number of amides is 1. The monoisotopic (exact) mass is 322 g/mol. The van der Waals surface area contributed by atoms with Crippen LogP contribution in [0.1, 0.15) is 18.4 Å². The summed E-state index contributed by atoms with van der Waals surface area (Å²) in [5.74, 6) is 0.259. The molecule has 4 heteroatoms. The fourth-order valence-electron chi connectivity index (χ4n) is 3.17. The van der Waals surface area contributed by atoms with Gasteiger partial charge in [0.05, 0.1) is 6.42 Å². The summed E-state index contributed by atoms with van der Waals surface area (Å²) in [4.78, 5) is 14.2. The van der Waals surface area contributed by atoms with Crippen molar-refractivity contribution < 1.29 is 4.79 Å². The van der Waals surface area contributed by atoms with E-state index in [0.717, 1.165) is 36.2 Å². The lowest BCUT2D eigenvalue weighted by atomic mass is 9.74. The van der Waals surface area contributed by atoms with E-state index >= 15 is 0 Å². The van der Waals surface area contributed by atoms with E-state index in [9.17, 15) is 4.79 Å². The van der Waals surface area contributed by atoms with Gasteiger partial charge in [0.1, 0.15) is 0 Å². The Hall–Kier alpha value is -0.870. The summed E-state index contributed by atoms with van der Waals surface area (Å²) in [6, 6.07) is 8.01. The van der Waals surface area contributed by atoms with Crippen LogP contribution in [-0.4, -0.2) is 37.0 Å². The molecule has 0 saturated carbocycles. The zero-order valence-corrected chi connectivity index (χ0v) is 12.6. The number of hydrogen-bond acceptors (Lipinski definition) is 2. The molecule has 0 aromatic heterocycles. The zero-order valence-electron chi connectivity index (χ0n) is 11.0. The number of likely N-dealkylation sites (tertiary alicyclic amines) is 1. The molecule has 0 unspecified atom stereocenters. The van der Waals surface area contributed by atoms with Crippen molar-refractivity contribution in [2.45, 2.75) is 19.3 Å². The minimum atomic E-state index is 0.259. The van der Waals surface area contributed by atoms with E-state index in [2.05, 4.69) is 21.2 Å². The first-order valence-electron chi connectivity index (χ1n) is 6.90. The average Bonchev–Trinajstić information content (AvgIpc) is 2.36. The second-order valence-electron chi connectivity index (χ2n) is 5.84. The van der Waals surface area contributed by atoms with Crippen molar-refractivity contribution in [3.05, 3.63) is 34.3 Å². The molecule has 2 heterocycles. The van der Waals surface area contributed by atoms with Gasteiger partial charge in [0, 0.05) is 29.5 Å². The lowest BCUT2D eigenvalue weighted by molar-refractivity contribution is -0.143. The number of hydrogen-bond donors (Lipinski definition) is 1. The molecule has 3 nitrogen and oxygen atoms in total. The van der Waals surface area contributed by atoms with Gasteiger partial charge in [-0.2, -0.15) is 0 Å². The van der Waals surface area contributed by atoms with Gasteiger partial charge in [-0.3, -0.25) is 4.79 Å². The number of benzene rings is 1. The molecule has 0 bridgehead atoms. The van der Waals surface area contributed by atoms with Crippen molar-refractivity contribution in [1.29, 1.82) is 0 Å². The van der Waals surface area contributed by atoms with Crippen LogP contribution in [0.4, 0.5) is 0 Å². The summed E-state index contributed by atoms with van der Waals surface area (Å²) >= 11 is 3.44. The first kappa shape index (κ1) is 13.1. The minimum absolute atomic E-state index is 0.259. The minimum Gasteiger partial charge on any atom is -0.341 e. The Morgan fingerprint density at radius 1 is 1.42 bits per heavy atom. The quantitative estimate of drug-likeness (QED) is 0.905. The molecule has 2 aliphatic rings. The maximum Gasteiger partial charge on any atom is 0.227 e. The van der Waals surface area contributed by atoms with Crippen molar-refractivity contribution in [3.63, 3.8) is 0 Å². The number of halogens is 1. The van der Waals surface area contributed by atoms with Crippen LogP contribution in [-0.2, 0) is 11.2 Å². The molecule has 0 aliphatic carbocycles. The van der Waals surface area contributed by atoms with Crippen LogP contribution in [0.2, 0.25) is 0 Å². The topological polar surface area (TPSA) is 32.3 Å². The normalized spacial score (nSPS) is 21.2. The number of piperidine rings is 1. The third-order valence-electron chi connectivity index (χ3n) is 4.21. The molecule has 2 fully saturated rings. The van der Waals surface area contributed by atoms with E-state index in [0.29, 0.717) is 11.8 Å². The van der Waals surface area contributed by atoms with Gasteiger partial charge in [-0.1, -0.05) is 28.1 Å². The predicted octanol–water partition coefficient (Wildman–Crippen LogP) is 2.20. The van der Waals surface area contributed by atoms with E-state index in [-0.39, 0.29) is 5.91 Å². The van der Waals surface area contributed by atoms with Crippen LogP contribution in [0.15, 0.2) is 28.7 Å². The van der Waals surface area contributed by atoms with Crippen molar-refractivity contribution >= 4 is 21.8 Å². The molecule has 1 aromatic rings. The predicted molar refractivity (Wildman–Crippen MR) is 79.0 cm³/mol. The number of carbonyl (C=O) groups excluding carboxylic acids is 1. The molecule has 2 saturated heterocycles. The van der Waals surface area contributed by atoms with Crippen LogP contribution in [0.3, 0.4) is 0 Å². The van der Waals surface area contributed by atoms with E-state index in [1.807, 2.05) is 29.2 Å². The SMILES string of the molecule is O=C(Cc1cccc(Br)c1)N1CC2(CCCNC2)C1. The largest absolute Gasteiger partial charge is 0.341 e. The van der Waals surface area contributed by atoms with Crippen LogP contribution >= 0.6 is 15.9 Å². The maximum absolute atomic E-state index is 12.2. The van der Waals surface area contributed by atoms with Crippen molar-refractivity contribution in [2.24, 2.45) is 5.41 Å². The Morgan fingerprint density at radius 2 is 2.26 bits per heavy atom. The molecule has 0 atom stereocenters. The second-order valence-corrected chi connectivity index (χ2v) is 6.75. The molecule has 1 spiro atoms. The van der Waals surface area contributed by atoms with Gasteiger partial charge in [0.25, 0.3) is 0 Å². The summed E-state index contributed by atoms with van der Waals surface area (Å²) in [6.45, 7) is 4.08. The molecular weight excluding hydrogens is 304 g/mol. The van der Waals surface area contributed by atoms with Gasteiger partial charge in [-0.05, 0) is 37.1 Å². The van der Waals surface area contributed by atoms with Gasteiger partial charge in [0.2, 0.25) is 5.91 Å². The van der Waals surface area contributed by atoms with Crippen molar-refractivity contribution in [3.8, 4) is 0 Å². The number of rotatable bonds is 2. The first-order valence-corrected chi connectivity index (χ1v) is 7.69. The van der Waals surface area contributed by atoms with Gasteiger partial charge < -0.3 is 10.2 Å². The molecule has 102 valence electrons. The van der Waals surface area contributed by atoms with E-state index < -0.39 is 0 Å². The molecule has 3 rings (SSSR count). The Morgan fingerprint density at radius 3 is 2.95 bits per heavy atom. The third kappa shape index (κ3) is 2.84. The standard InChI is InChI=1S/C15H19BrN2O/c16-13-4-1-3-12(7-13)8-14(19)18-10-15(11-18)5-2-6-17-9-15/h1,3-4,7,17H,2,5-6,8-11H2. The summed E-state index contributed by atoms with van der Waals surface area (Å²) < 4.78 is 1.04. The summed E-state index contributed by atoms with van der Waals surface area (Å²) in [5, 5.41) is 3.45. The fourth-order valence-corrected chi connectivity index (χ4v) is 3.62. The molecule has 1 amide bonds. The Bertz CT molecular complexity index is 475. The average molecular weight is 323 g/mol. The van der Waals surface area contributed by atoms with Crippen molar-refractivity contribution in [1.82, 2.24) is 10.2 Å². The van der Waals surface area contributed by atoms with Gasteiger partial charge in [-0.15, -0.1) is 0 Å². The highest BCUT2D eigenvalue weighted by atomic mass is 79.9. The number of nitrogens with zero attached hydrogens (tertiary/aromatic N) is 1. The van der Waals surface area contributed by atoms with Gasteiger partial charge in [0.15, 0.2) is 0 Å². The van der Waals surface area contributed by atoms with Crippen LogP contribution in [0, 0.1) is 5.41 Å². The molecule has 1 aromatic carbocycles. The van der Waals surface area contributed by atoms with Gasteiger partial charge in [-0.25, -0.2) is 0 Å². The third-order valence-corrected chi connectivity index (χ3v) is 4.70. The first-order chi connectivity index (χ1) is 9.17. The lowest BCUT2D eigenvalue weighted by Crippen LogP contribution is -2.63. The highest BCUT2D eigenvalue weighted by Gasteiger charge is 2.45. The Kier molecular flexibility index (Phi) is 3.63. The lowest BCUT2D eigenvalue weighted by Gasteiger charge is -2.52. The smallest absolute Gasteiger partial charge is 0.227 e. The van der Waals surface area contributed by atoms with E-state index in [1.54, 1.807) is 0 Å². The molecule has 2 aliphatic heterocycles. The fraction of sp³-hybridized carbons (Fsp3) is 0.533. The number of carbonyl (C=O) groups is 1. The highest BCUT2D eigenvalue weighted by Crippen LogP contribution is 2.36. The molecule has 19 heavy (non-hydrogen) atoms. The summed E-state index contributed by atoms with van der Waals surface area (Å²) in [5.41, 5.74) is 1.47. The summed E-state index contributed by atoms with van der Waals surface area (Å²) in [7, 11) is 0. The summed E-state index contributed by atoms with van der Waals surface area (Å²) in [6.07, 6.45) is 3.03. The Balaban J connectivity index is 1.55. The van der Waals surface area contributed by atoms with Crippen LogP contribution < -0.4 is 5.32 Å². The number of nitrogens with one attached hydrogen (secondary N) is 1. The van der Waals surface area contributed by atoms with Crippen LogP contribution in [0.25, 0.3) is 0 Å². The second kappa shape index (κ2) is 5.25. The molecule has 0 radical (unpaired) electrons. The molecule has 1 N–H and O–H groups in total. The Labute approximate surface area is 122 Å².